The summed E-state index contributed by atoms with van der Waals surface area (Å²) < 4.78 is 0. The first kappa shape index (κ1) is 54.8. The van der Waals surface area contributed by atoms with Crippen LogP contribution in [0.5, 0.6) is 0 Å². The molecule has 0 aliphatic carbocycles. The maximum atomic E-state index is 0. The van der Waals surface area contributed by atoms with E-state index >= 15 is 0 Å². The topological polar surface area (TPSA) is 28.5 Å². The van der Waals surface area contributed by atoms with E-state index in [0.717, 1.165) is 0 Å². The maximum absolute atomic E-state index is 0. The van der Waals surface area contributed by atoms with Gasteiger partial charge in [0.25, 0.3) is 0 Å². The van der Waals surface area contributed by atoms with E-state index in [9.17, 15) is 0 Å². The Morgan fingerprint density at radius 1 is 1.00 bits per heavy atom. The Balaban J connectivity index is 0. The zero-order valence-corrected chi connectivity index (χ0v) is 7.01. The second kappa shape index (κ2) is 33.5. The monoisotopic (exact) mass is 210 g/mol. The normalized spacial score (nSPS) is 0. The Hall–Kier alpha value is 2.30. The molecule has 0 atom stereocenters. The fourth-order valence-electron chi connectivity index (χ4n) is 0. The first-order valence-electron chi connectivity index (χ1n) is 0. The molecule has 5 heavy (non-hydrogen) atoms. The van der Waals surface area contributed by atoms with Gasteiger partial charge in [-0.2, -0.15) is 0 Å². The molecule has 0 bridgehead atoms. The van der Waals surface area contributed by atoms with Crippen LogP contribution in [0, 0.1) is 0 Å². The first-order valence-corrected chi connectivity index (χ1v) is 0. The van der Waals surface area contributed by atoms with Crippen LogP contribution >= 0.6 is 0 Å². The van der Waals surface area contributed by atoms with E-state index in [0.29, 0.717) is 0 Å². The van der Waals surface area contributed by atoms with Crippen molar-refractivity contribution in [3.05, 3.63) is 0 Å². The molecule has 0 heterocycles. The molecule has 0 amide bonds. The second-order valence-corrected chi connectivity index (χ2v) is 0. The van der Waals surface area contributed by atoms with Gasteiger partial charge in [-0.05, 0) is 0 Å². The van der Waals surface area contributed by atoms with Crippen LogP contribution in [-0.2, 0) is 57.0 Å². The molecule has 0 unspecified atom stereocenters. The van der Waals surface area contributed by atoms with Crippen molar-refractivity contribution in [2.75, 3.05) is 0 Å². The summed E-state index contributed by atoms with van der Waals surface area (Å²) in [5, 5.41) is 0. The van der Waals surface area contributed by atoms with Crippen LogP contribution in [0.1, 0.15) is 0 Å². The maximum Gasteiger partial charge on any atom is 2.00 e. The summed E-state index contributed by atoms with van der Waals surface area (Å²) in [6.07, 6.45) is 0. The molecule has 5 heteroatoms. The zero-order valence-electron chi connectivity index (χ0n) is 2.20. The molecule has 0 saturated heterocycles. The average Bonchev–Trinajstić information content (AvgIpc) is 0. The molecule has 0 N–H and O–H groups in total. The molecule has 0 spiro atoms. The minimum atomic E-state index is 0. The van der Waals surface area contributed by atoms with Gasteiger partial charge < -0.3 is 5.48 Å². The van der Waals surface area contributed by atoms with Gasteiger partial charge in [-0.25, -0.2) is 0 Å². The van der Waals surface area contributed by atoms with E-state index in [1.54, 1.807) is 0 Å². The van der Waals surface area contributed by atoms with E-state index in [-0.39, 0.29) is 80.0 Å². The summed E-state index contributed by atoms with van der Waals surface area (Å²) in [7, 11) is 0. The van der Waals surface area contributed by atoms with Crippen molar-refractivity contribution in [3.63, 3.8) is 0 Å². The smallest absolute Gasteiger partial charge is 2.00 e. The number of hydrogen-bond acceptors (Lipinski definition) is 0. The fourth-order valence-corrected chi connectivity index (χ4v) is 0. The van der Waals surface area contributed by atoms with Crippen LogP contribution < -0.4 is 0 Å². The number of hydrogen-bond donors (Lipinski definition) is 0. The van der Waals surface area contributed by atoms with Gasteiger partial charge in [0.05, 0.1) is 0 Å². The third-order valence-corrected chi connectivity index (χ3v) is 0. The molecular formula is CrCuMgMnO. The van der Waals surface area contributed by atoms with Gasteiger partial charge in [-0.1, -0.05) is 0 Å². The van der Waals surface area contributed by atoms with Crippen LogP contribution in [-0.4, -0.2) is 23.1 Å². The summed E-state index contributed by atoms with van der Waals surface area (Å²) in [6, 6.07) is 0. The van der Waals surface area contributed by atoms with Crippen molar-refractivity contribution in [1.82, 2.24) is 0 Å². The molecule has 0 aliphatic heterocycles. The van der Waals surface area contributed by atoms with Crippen LogP contribution in [0.2, 0.25) is 0 Å². The Morgan fingerprint density at radius 3 is 1.00 bits per heavy atom. The van der Waals surface area contributed by atoms with Gasteiger partial charge >= 0.3 is 23.1 Å². The van der Waals surface area contributed by atoms with Crippen LogP contribution in [0.4, 0.5) is 0 Å². The van der Waals surface area contributed by atoms with Crippen LogP contribution in [0.3, 0.4) is 0 Å². The third-order valence-electron chi connectivity index (χ3n) is 0. The van der Waals surface area contributed by atoms with Gasteiger partial charge in [0.1, 0.15) is 0 Å². The molecule has 32 valence electrons. The van der Waals surface area contributed by atoms with Gasteiger partial charge in [0, 0.05) is 51.5 Å². The molecule has 0 saturated carbocycles. The van der Waals surface area contributed by atoms with Gasteiger partial charge in [-0.3, -0.25) is 0 Å². The summed E-state index contributed by atoms with van der Waals surface area (Å²) in [6.45, 7) is 0. The Labute approximate surface area is 79.2 Å². The standard InChI is InChI=1S/Cr.Cu.Mg.Mn.O/q;;+2;;-2. The quantitative estimate of drug-likeness (QED) is 0.483. The largest absolute Gasteiger partial charge is 2.00 e. The number of rotatable bonds is 0. The van der Waals surface area contributed by atoms with Gasteiger partial charge in [0.15, 0.2) is 0 Å². The Kier molecular flexibility index (Phi) is 367. The molecule has 0 aromatic rings. The van der Waals surface area contributed by atoms with E-state index in [4.69, 9.17) is 0 Å². The average molecular weight is 211 g/mol. The summed E-state index contributed by atoms with van der Waals surface area (Å²) in [4.78, 5) is 0. The van der Waals surface area contributed by atoms with Crippen molar-refractivity contribution in [3.8, 4) is 0 Å². The van der Waals surface area contributed by atoms with E-state index in [1.165, 1.54) is 0 Å². The predicted molar refractivity (Wildman–Crippen MR) is 6.44 cm³/mol. The fraction of sp³-hybridized carbons (Fsp3) is 0. The van der Waals surface area contributed by atoms with E-state index in [1.807, 2.05) is 0 Å². The minimum Gasteiger partial charge on any atom is -2.00 e. The third kappa shape index (κ3) is 22.0. The van der Waals surface area contributed by atoms with Crippen molar-refractivity contribution in [1.29, 1.82) is 0 Å². The second-order valence-electron chi connectivity index (χ2n) is 0. The van der Waals surface area contributed by atoms with Crippen molar-refractivity contribution in [2.45, 2.75) is 0 Å². The SMILES string of the molecule is [Cr].[Cu].[Mg+2].[Mn].[O-2]. The molecule has 0 aliphatic rings. The van der Waals surface area contributed by atoms with Crippen molar-refractivity contribution >= 4 is 23.1 Å². The molecule has 2 radical (unpaired) electrons. The van der Waals surface area contributed by atoms with Crippen molar-refractivity contribution in [2.24, 2.45) is 0 Å². The van der Waals surface area contributed by atoms with Crippen molar-refractivity contribution < 1.29 is 57.0 Å². The molecule has 0 aromatic heterocycles. The minimum absolute atomic E-state index is 0. The van der Waals surface area contributed by atoms with Gasteiger partial charge in [0.2, 0.25) is 0 Å². The van der Waals surface area contributed by atoms with E-state index in [2.05, 4.69) is 0 Å². The van der Waals surface area contributed by atoms with Crippen LogP contribution in [0.25, 0.3) is 0 Å². The summed E-state index contributed by atoms with van der Waals surface area (Å²) in [5.74, 6) is 0. The predicted octanol–water partition coefficient (Wildman–Crippen LogP) is -0.507. The molecule has 0 rings (SSSR count). The molecular weight excluding hydrogens is 211 g/mol. The summed E-state index contributed by atoms with van der Waals surface area (Å²) >= 11 is 0. The van der Waals surface area contributed by atoms with E-state index < -0.39 is 0 Å². The molecule has 0 aromatic carbocycles. The Bertz CT molecular complexity index is 11.6. The van der Waals surface area contributed by atoms with Gasteiger partial charge in [-0.15, -0.1) is 0 Å². The molecule has 0 fully saturated rings. The Morgan fingerprint density at radius 2 is 1.00 bits per heavy atom. The summed E-state index contributed by atoms with van der Waals surface area (Å²) in [5.41, 5.74) is 0. The molecule has 1 nitrogen and oxygen atoms in total. The first-order chi connectivity index (χ1) is 0. The van der Waals surface area contributed by atoms with Crippen LogP contribution in [0.15, 0.2) is 0 Å². The zero-order chi connectivity index (χ0) is 0.